The maximum atomic E-state index is 14.7. The Balaban J connectivity index is 2.02. The average Bonchev–Trinajstić information content (AvgIpc) is 3.01. The number of pyridine rings is 1. The Hall–Kier alpha value is -3.81. The van der Waals surface area contributed by atoms with Gasteiger partial charge in [-0.2, -0.15) is 0 Å². The van der Waals surface area contributed by atoms with Crippen molar-refractivity contribution in [2.45, 2.75) is 13.3 Å². The lowest BCUT2D eigenvalue weighted by atomic mass is 9.94. The Morgan fingerprint density at radius 1 is 1.13 bits per heavy atom. The zero-order valence-corrected chi connectivity index (χ0v) is 16.2. The number of hydrogen-bond donors (Lipinski definition) is 1. The van der Waals surface area contributed by atoms with Crippen molar-refractivity contribution in [3.8, 4) is 11.1 Å². The highest BCUT2D eigenvalue weighted by atomic mass is 19.1. The van der Waals surface area contributed by atoms with Gasteiger partial charge in [-0.3, -0.25) is 14.3 Å². The van der Waals surface area contributed by atoms with E-state index in [0.717, 1.165) is 12.4 Å². The van der Waals surface area contributed by atoms with E-state index >= 15 is 0 Å². The van der Waals surface area contributed by atoms with Gasteiger partial charge < -0.3 is 9.73 Å². The summed E-state index contributed by atoms with van der Waals surface area (Å²) >= 11 is 0. The number of amides is 1. The minimum atomic E-state index is -0.883. The molecule has 0 atom stereocenters. The van der Waals surface area contributed by atoms with Gasteiger partial charge in [0.15, 0.2) is 17.2 Å². The molecule has 0 aliphatic carbocycles. The minimum Gasteiger partial charge on any atom is -0.408 e. The smallest absolute Gasteiger partial charge is 0.408 e. The van der Waals surface area contributed by atoms with Crippen LogP contribution in [0.1, 0.15) is 22.8 Å². The number of halogens is 2. The fraction of sp³-hybridized carbons (Fsp3) is 0.136. The highest BCUT2D eigenvalue weighted by Gasteiger charge is 2.25. The van der Waals surface area contributed by atoms with Crippen LogP contribution in [-0.2, 0) is 13.5 Å². The molecule has 152 valence electrons. The van der Waals surface area contributed by atoms with Crippen molar-refractivity contribution >= 4 is 22.7 Å². The van der Waals surface area contributed by atoms with E-state index in [1.165, 1.54) is 17.7 Å². The summed E-state index contributed by atoms with van der Waals surface area (Å²) in [6.45, 7) is 1.79. The Kier molecular flexibility index (Phi) is 4.91. The van der Waals surface area contributed by atoms with Crippen LogP contribution in [0.2, 0.25) is 0 Å². The standard InChI is InChI=1S/C22H17F2N3O3/c1-3-13-16(26-21(28)12-7-5-4-6-8-12)9-17-20(27(2)22(29)30-17)18(13)19-14(23)10-25-11-15(19)24/h4-11H,3H2,1-2H3,(H,26,28). The monoisotopic (exact) mass is 409 g/mol. The Morgan fingerprint density at radius 2 is 1.80 bits per heavy atom. The van der Waals surface area contributed by atoms with E-state index in [1.807, 2.05) is 0 Å². The molecule has 0 unspecified atom stereocenters. The molecule has 0 saturated carbocycles. The van der Waals surface area contributed by atoms with Gasteiger partial charge in [-0.1, -0.05) is 25.1 Å². The number of aryl methyl sites for hydroxylation is 1. The lowest BCUT2D eigenvalue weighted by Crippen LogP contribution is -2.14. The molecule has 0 bridgehead atoms. The first-order valence-corrected chi connectivity index (χ1v) is 9.23. The SMILES string of the molecule is CCc1c(NC(=O)c2ccccc2)cc2oc(=O)n(C)c2c1-c1c(F)cncc1F. The highest BCUT2D eigenvalue weighted by Crippen LogP contribution is 2.39. The van der Waals surface area contributed by atoms with E-state index < -0.39 is 23.3 Å². The second-order valence-corrected chi connectivity index (χ2v) is 6.70. The number of fused-ring (bicyclic) bond motifs is 1. The lowest BCUT2D eigenvalue weighted by molar-refractivity contribution is 0.102. The van der Waals surface area contributed by atoms with Gasteiger partial charge in [-0.15, -0.1) is 0 Å². The van der Waals surface area contributed by atoms with Crippen LogP contribution >= 0.6 is 0 Å². The molecule has 4 rings (SSSR count). The van der Waals surface area contributed by atoms with Crippen LogP contribution < -0.4 is 11.1 Å². The molecule has 0 saturated heterocycles. The van der Waals surface area contributed by atoms with Crippen molar-refractivity contribution < 1.29 is 18.0 Å². The third-order valence-electron chi connectivity index (χ3n) is 4.92. The molecule has 0 spiro atoms. The molecular weight excluding hydrogens is 392 g/mol. The molecule has 2 aromatic carbocycles. The summed E-state index contributed by atoms with van der Waals surface area (Å²) in [6.07, 6.45) is 2.13. The molecule has 0 radical (unpaired) electrons. The summed E-state index contributed by atoms with van der Waals surface area (Å²) in [7, 11) is 1.45. The van der Waals surface area contributed by atoms with Crippen molar-refractivity contribution in [3.05, 3.63) is 82.1 Å². The van der Waals surface area contributed by atoms with Crippen LogP contribution in [0.15, 0.2) is 58.0 Å². The Bertz CT molecular complexity index is 1310. The number of carbonyl (C=O) groups excluding carboxylic acids is 1. The maximum Gasteiger partial charge on any atom is 0.419 e. The van der Waals surface area contributed by atoms with Crippen molar-refractivity contribution in [2.75, 3.05) is 5.32 Å². The second-order valence-electron chi connectivity index (χ2n) is 6.70. The molecule has 1 N–H and O–H groups in total. The van der Waals surface area contributed by atoms with Crippen LogP contribution in [-0.4, -0.2) is 15.5 Å². The fourth-order valence-electron chi connectivity index (χ4n) is 3.53. The summed E-state index contributed by atoms with van der Waals surface area (Å²) in [5.74, 6) is -2.85. The maximum absolute atomic E-state index is 14.7. The van der Waals surface area contributed by atoms with Gasteiger partial charge in [0, 0.05) is 29.9 Å². The molecule has 2 heterocycles. The number of nitrogens with zero attached hydrogens (tertiary/aromatic N) is 2. The number of rotatable bonds is 4. The Morgan fingerprint density at radius 3 is 2.43 bits per heavy atom. The van der Waals surface area contributed by atoms with Crippen LogP contribution in [0, 0.1) is 11.6 Å². The van der Waals surface area contributed by atoms with Gasteiger partial charge in [0.25, 0.3) is 5.91 Å². The first kappa shape index (κ1) is 19.5. The first-order valence-electron chi connectivity index (χ1n) is 9.23. The molecule has 0 aliphatic heterocycles. The number of oxazole rings is 1. The topological polar surface area (TPSA) is 77.1 Å². The van der Waals surface area contributed by atoms with Crippen LogP contribution in [0.25, 0.3) is 22.2 Å². The van der Waals surface area contributed by atoms with E-state index in [4.69, 9.17) is 4.42 Å². The number of anilines is 1. The van der Waals surface area contributed by atoms with Gasteiger partial charge in [0.2, 0.25) is 0 Å². The summed E-state index contributed by atoms with van der Waals surface area (Å²) in [6, 6.07) is 10.0. The number of benzene rings is 2. The Labute approximate surface area is 169 Å². The predicted molar refractivity (Wildman–Crippen MR) is 108 cm³/mol. The molecular formula is C22H17F2N3O3. The second kappa shape index (κ2) is 7.55. The van der Waals surface area contributed by atoms with Crippen LogP contribution in [0.4, 0.5) is 14.5 Å². The molecule has 4 aromatic rings. The summed E-state index contributed by atoms with van der Waals surface area (Å²) in [5, 5.41) is 2.78. The molecule has 30 heavy (non-hydrogen) atoms. The van der Waals surface area contributed by atoms with Gasteiger partial charge in [-0.05, 0) is 24.1 Å². The van der Waals surface area contributed by atoms with Gasteiger partial charge in [-0.25, -0.2) is 13.6 Å². The van der Waals surface area contributed by atoms with E-state index in [0.29, 0.717) is 23.2 Å². The third-order valence-corrected chi connectivity index (χ3v) is 4.92. The largest absolute Gasteiger partial charge is 0.419 e. The van der Waals surface area contributed by atoms with E-state index in [9.17, 15) is 18.4 Å². The summed E-state index contributed by atoms with van der Waals surface area (Å²) < 4.78 is 35.8. The predicted octanol–water partition coefficient (Wildman–Crippen LogP) is 4.29. The molecule has 2 aromatic heterocycles. The number of aromatic nitrogens is 2. The number of carbonyl (C=O) groups is 1. The van der Waals surface area contributed by atoms with Crippen molar-refractivity contribution in [1.29, 1.82) is 0 Å². The zero-order chi connectivity index (χ0) is 21.4. The summed E-state index contributed by atoms with van der Waals surface area (Å²) in [5.41, 5.74) is 1.33. The van der Waals surface area contributed by atoms with Crippen molar-refractivity contribution in [2.24, 2.45) is 7.05 Å². The van der Waals surface area contributed by atoms with Crippen molar-refractivity contribution in [1.82, 2.24) is 9.55 Å². The van der Waals surface area contributed by atoms with Gasteiger partial charge >= 0.3 is 5.76 Å². The molecule has 0 fully saturated rings. The zero-order valence-electron chi connectivity index (χ0n) is 16.2. The minimum absolute atomic E-state index is 0.105. The third kappa shape index (κ3) is 3.16. The molecule has 6 nitrogen and oxygen atoms in total. The van der Waals surface area contributed by atoms with E-state index in [1.54, 1.807) is 37.3 Å². The molecule has 0 aliphatic rings. The molecule has 8 heteroatoms. The van der Waals surface area contributed by atoms with E-state index in [2.05, 4.69) is 10.3 Å². The van der Waals surface area contributed by atoms with Crippen LogP contribution in [0.5, 0.6) is 0 Å². The highest BCUT2D eigenvalue weighted by molar-refractivity contribution is 6.07. The fourth-order valence-corrected chi connectivity index (χ4v) is 3.53. The summed E-state index contributed by atoms with van der Waals surface area (Å²) in [4.78, 5) is 28.4. The quantitative estimate of drug-likeness (QED) is 0.546. The van der Waals surface area contributed by atoms with Gasteiger partial charge in [0.05, 0.1) is 23.5 Å². The number of hydrogen-bond acceptors (Lipinski definition) is 4. The van der Waals surface area contributed by atoms with E-state index in [-0.39, 0.29) is 22.2 Å². The lowest BCUT2D eigenvalue weighted by Gasteiger charge is -2.17. The van der Waals surface area contributed by atoms with Gasteiger partial charge in [0.1, 0.15) is 0 Å². The molecule has 1 amide bonds. The average molecular weight is 409 g/mol. The number of nitrogens with one attached hydrogen (secondary N) is 1. The normalized spacial score (nSPS) is 11.1. The van der Waals surface area contributed by atoms with Crippen molar-refractivity contribution in [3.63, 3.8) is 0 Å². The first-order chi connectivity index (χ1) is 14.4. The van der Waals surface area contributed by atoms with Crippen LogP contribution in [0.3, 0.4) is 0 Å².